The van der Waals surface area contributed by atoms with E-state index >= 15 is 0 Å². The molecular formula is C16H20N4O. The van der Waals surface area contributed by atoms with Gasteiger partial charge in [0, 0.05) is 26.3 Å². The molecule has 0 aliphatic heterocycles. The molecular weight excluding hydrogens is 264 g/mol. The zero-order chi connectivity index (χ0) is 15.1. The molecule has 0 unspecified atom stereocenters. The van der Waals surface area contributed by atoms with Gasteiger partial charge in [-0.25, -0.2) is 9.97 Å². The van der Waals surface area contributed by atoms with Crippen molar-refractivity contribution in [2.24, 2.45) is 0 Å². The molecule has 2 rings (SSSR count). The van der Waals surface area contributed by atoms with Crippen LogP contribution < -0.4 is 10.2 Å². The largest absolute Gasteiger partial charge is 0.351 e. The van der Waals surface area contributed by atoms with E-state index in [1.807, 2.05) is 49.2 Å². The van der Waals surface area contributed by atoms with Crippen molar-refractivity contribution in [2.45, 2.75) is 19.9 Å². The van der Waals surface area contributed by atoms with Crippen LogP contribution in [0.1, 0.15) is 29.4 Å². The van der Waals surface area contributed by atoms with Crippen LogP contribution >= 0.6 is 0 Å². The van der Waals surface area contributed by atoms with E-state index in [1.165, 1.54) is 5.56 Å². The Morgan fingerprint density at radius 1 is 1.24 bits per heavy atom. The Morgan fingerprint density at radius 2 is 2.00 bits per heavy atom. The number of hydrogen-bond donors (Lipinski definition) is 1. The van der Waals surface area contributed by atoms with Gasteiger partial charge in [-0.3, -0.25) is 4.79 Å². The van der Waals surface area contributed by atoms with Gasteiger partial charge >= 0.3 is 0 Å². The third-order valence-electron chi connectivity index (χ3n) is 3.02. The molecule has 0 spiro atoms. The molecule has 0 bridgehead atoms. The monoisotopic (exact) mass is 284 g/mol. The van der Waals surface area contributed by atoms with Crippen LogP contribution in [0.5, 0.6) is 0 Å². The van der Waals surface area contributed by atoms with Crippen LogP contribution in [-0.4, -0.2) is 29.5 Å². The van der Waals surface area contributed by atoms with Crippen molar-refractivity contribution in [2.75, 3.05) is 18.5 Å². The summed E-state index contributed by atoms with van der Waals surface area (Å²) < 4.78 is 0. The van der Waals surface area contributed by atoms with Crippen LogP contribution in [0.4, 0.5) is 5.95 Å². The van der Waals surface area contributed by atoms with Crippen molar-refractivity contribution in [1.29, 1.82) is 0 Å². The molecule has 0 fully saturated rings. The average molecular weight is 284 g/mol. The predicted molar refractivity (Wildman–Crippen MR) is 83.2 cm³/mol. The Bertz CT molecular complexity index is 586. The lowest BCUT2D eigenvalue weighted by molar-refractivity contribution is 0.0948. The highest BCUT2D eigenvalue weighted by molar-refractivity contribution is 5.92. The van der Waals surface area contributed by atoms with E-state index in [0.717, 1.165) is 6.42 Å². The second kappa shape index (κ2) is 7.38. The van der Waals surface area contributed by atoms with E-state index in [4.69, 9.17) is 0 Å². The maximum atomic E-state index is 11.9. The molecule has 110 valence electrons. The van der Waals surface area contributed by atoms with Gasteiger partial charge in [-0.05, 0) is 18.1 Å². The quantitative estimate of drug-likeness (QED) is 0.884. The summed E-state index contributed by atoms with van der Waals surface area (Å²) in [5.41, 5.74) is 1.57. The number of nitrogens with zero attached hydrogens (tertiary/aromatic N) is 3. The first-order chi connectivity index (χ1) is 10.2. The van der Waals surface area contributed by atoms with Crippen LogP contribution in [0.3, 0.4) is 0 Å². The fraction of sp³-hybridized carbons (Fsp3) is 0.312. The zero-order valence-electron chi connectivity index (χ0n) is 12.4. The topological polar surface area (TPSA) is 58.1 Å². The van der Waals surface area contributed by atoms with Gasteiger partial charge in [0.15, 0.2) is 0 Å². The van der Waals surface area contributed by atoms with Gasteiger partial charge in [-0.1, -0.05) is 37.3 Å². The van der Waals surface area contributed by atoms with E-state index < -0.39 is 0 Å². The van der Waals surface area contributed by atoms with Gasteiger partial charge < -0.3 is 10.2 Å². The van der Waals surface area contributed by atoms with Crippen LogP contribution in [-0.2, 0) is 6.54 Å². The molecule has 0 aliphatic rings. The molecule has 1 aromatic heterocycles. The smallest absolute Gasteiger partial charge is 0.270 e. The van der Waals surface area contributed by atoms with Crippen molar-refractivity contribution in [3.63, 3.8) is 0 Å². The van der Waals surface area contributed by atoms with Crippen molar-refractivity contribution >= 4 is 11.9 Å². The number of hydrogen-bond acceptors (Lipinski definition) is 4. The fourth-order valence-corrected chi connectivity index (χ4v) is 1.92. The maximum Gasteiger partial charge on any atom is 0.270 e. The summed E-state index contributed by atoms with van der Waals surface area (Å²) in [4.78, 5) is 22.4. The first kappa shape index (κ1) is 15.0. The zero-order valence-corrected chi connectivity index (χ0v) is 12.4. The highest BCUT2D eigenvalue weighted by Crippen LogP contribution is 2.10. The normalized spacial score (nSPS) is 10.2. The number of amides is 1. The van der Waals surface area contributed by atoms with E-state index in [2.05, 4.69) is 15.3 Å². The van der Waals surface area contributed by atoms with Crippen molar-refractivity contribution in [3.8, 4) is 0 Å². The summed E-state index contributed by atoms with van der Waals surface area (Å²) >= 11 is 0. The number of carbonyl (C=O) groups excluding carboxylic acids is 1. The molecule has 0 radical (unpaired) electrons. The first-order valence-electron chi connectivity index (χ1n) is 7.07. The minimum Gasteiger partial charge on any atom is -0.351 e. The molecule has 0 saturated carbocycles. The van der Waals surface area contributed by atoms with Crippen molar-refractivity contribution in [3.05, 3.63) is 53.9 Å². The lowest BCUT2D eigenvalue weighted by atomic mass is 10.2. The lowest BCUT2D eigenvalue weighted by Gasteiger charge is -2.17. The summed E-state index contributed by atoms with van der Waals surface area (Å²) in [7, 11) is 1.91. The summed E-state index contributed by atoms with van der Waals surface area (Å²) in [6.07, 6.45) is 2.52. The second-order valence-electron chi connectivity index (χ2n) is 4.84. The minimum atomic E-state index is -0.159. The molecule has 5 nitrogen and oxygen atoms in total. The molecule has 1 amide bonds. The van der Waals surface area contributed by atoms with E-state index in [0.29, 0.717) is 24.7 Å². The Kier molecular flexibility index (Phi) is 5.26. The highest BCUT2D eigenvalue weighted by Gasteiger charge is 2.10. The van der Waals surface area contributed by atoms with Gasteiger partial charge in [0.2, 0.25) is 5.95 Å². The highest BCUT2D eigenvalue weighted by atomic mass is 16.1. The Morgan fingerprint density at radius 3 is 2.71 bits per heavy atom. The molecule has 0 atom stereocenters. The summed E-state index contributed by atoms with van der Waals surface area (Å²) in [5.74, 6) is 0.386. The maximum absolute atomic E-state index is 11.9. The van der Waals surface area contributed by atoms with Gasteiger partial charge in [0.1, 0.15) is 5.69 Å². The first-order valence-corrected chi connectivity index (χ1v) is 7.07. The van der Waals surface area contributed by atoms with Gasteiger partial charge in [0.05, 0.1) is 0 Å². The molecule has 5 heteroatoms. The third kappa shape index (κ3) is 4.27. The van der Waals surface area contributed by atoms with Crippen LogP contribution in [0, 0.1) is 0 Å². The number of anilines is 1. The van der Waals surface area contributed by atoms with Crippen LogP contribution in [0.2, 0.25) is 0 Å². The lowest BCUT2D eigenvalue weighted by Crippen LogP contribution is -2.26. The molecule has 21 heavy (non-hydrogen) atoms. The SMILES string of the molecule is CCCNC(=O)c1ccnc(N(C)Cc2ccccc2)n1. The standard InChI is InChI=1S/C16H20N4O/c1-3-10-17-15(21)14-9-11-18-16(19-14)20(2)12-13-7-5-4-6-8-13/h4-9,11H,3,10,12H2,1-2H3,(H,17,21). The van der Waals surface area contributed by atoms with Crippen LogP contribution in [0.15, 0.2) is 42.6 Å². The van der Waals surface area contributed by atoms with Gasteiger partial charge in [-0.2, -0.15) is 0 Å². The van der Waals surface area contributed by atoms with Crippen molar-refractivity contribution in [1.82, 2.24) is 15.3 Å². The molecule has 1 N–H and O–H groups in total. The Balaban J connectivity index is 2.07. The fourth-order valence-electron chi connectivity index (χ4n) is 1.92. The van der Waals surface area contributed by atoms with Gasteiger partial charge in [0.25, 0.3) is 5.91 Å². The molecule has 2 aromatic rings. The third-order valence-corrected chi connectivity index (χ3v) is 3.02. The van der Waals surface area contributed by atoms with Gasteiger partial charge in [-0.15, -0.1) is 0 Å². The number of benzene rings is 1. The molecule has 0 aliphatic carbocycles. The summed E-state index contributed by atoms with van der Waals surface area (Å²) in [6, 6.07) is 11.7. The summed E-state index contributed by atoms with van der Waals surface area (Å²) in [6.45, 7) is 3.36. The van der Waals surface area contributed by atoms with E-state index in [-0.39, 0.29) is 5.91 Å². The predicted octanol–water partition coefficient (Wildman–Crippen LogP) is 2.25. The Hall–Kier alpha value is -2.43. The Labute approximate surface area is 125 Å². The van der Waals surface area contributed by atoms with E-state index in [9.17, 15) is 4.79 Å². The number of rotatable bonds is 6. The molecule has 0 saturated heterocycles. The number of aromatic nitrogens is 2. The van der Waals surface area contributed by atoms with E-state index in [1.54, 1.807) is 12.3 Å². The number of nitrogens with one attached hydrogen (secondary N) is 1. The summed E-state index contributed by atoms with van der Waals surface area (Å²) in [5, 5.41) is 2.82. The van der Waals surface area contributed by atoms with Crippen LogP contribution in [0.25, 0.3) is 0 Å². The molecule has 1 heterocycles. The number of carbonyl (C=O) groups is 1. The minimum absolute atomic E-state index is 0.159. The van der Waals surface area contributed by atoms with Crippen molar-refractivity contribution < 1.29 is 4.79 Å². The average Bonchev–Trinajstić information content (AvgIpc) is 2.53. The molecule has 1 aromatic carbocycles. The second-order valence-corrected chi connectivity index (χ2v) is 4.84.